The monoisotopic (exact) mass is 592 g/mol. The van der Waals surface area contributed by atoms with Crippen LogP contribution in [0.2, 0.25) is 5.02 Å². The van der Waals surface area contributed by atoms with Gasteiger partial charge in [-0.1, -0.05) is 23.7 Å². The Morgan fingerprint density at radius 2 is 1.90 bits per heavy atom. The topological polar surface area (TPSA) is 96.0 Å². The van der Waals surface area contributed by atoms with Gasteiger partial charge in [0.2, 0.25) is 0 Å². The SMILES string of the molecule is CC(C)(C)OC(=O)N[C@H]1CSc2cc(F)c(C(O)=[NH+]CCCC(F)(F)F)cc2N(Cc2ccc(Cl)cc2)C1O. The molecule has 1 aliphatic heterocycles. The molecule has 1 aliphatic rings. The fourth-order valence-electron chi connectivity index (χ4n) is 3.82. The maximum Gasteiger partial charge on any atom is 0.408 e. The molecule has 4 N–H and O–H groups in total. The maximum absolute atomic E-state index is 15.0. The fraction of sp³-hybridized carbons (Fsp3) is 0.462. The summed E-state index contributed by atoms with van der Waals surface area (Å²) in [6.07, 6.45) is -7.72. The van der Waals surface area contributed by atoms with Crippen LogP contribution in [0.15, 0.2) is 41.3 Å². The van der Waals surface area contributed by atoms with E-state index in [0.29, 0.717) is 15.6 Å². The van der Waals surface area contributed by atoms with Crippen molar-refractivity contribution in [1.29, 1.82) is 0 Å². The minimum Gasteiger partial charge on any atom is -0.460 e. The number of hydrogen-bond acceptors (Lipinski definition) is 5. The standard InChI is InChI=1S/C26H30ClF4N3O4S/c1-25(2,3)38-24(37)33-19-14-39-21-12-18(28)17(22(35)32-10-4-9-26(29,30)31)11-20(21)34(23(19)36)13-15-5-7-16(27)8-6-15/h5-8,11-12,19,23,36H,4,9-10,13-14H2,1-3H3,(H,32,35)(H,33,37)/p+1/t19-,23?/m0/s1. The molecule has 0 fully saturated rings. The van der Waals surface area contributed by atoms with Crippen LogP contribution in [-0.2, 0) is 11.3 Å². The number of anilines is 1. The summed E-state index contributed by atoms with van der Waals surface area (Å²) in [4.78, 5) is 16.9. The van der Waals surface area contributed by atoms with Crippen LogP contribution in [0.5, 0.6) is 0 Å². The van der Waals surface area contributed by atoms with Crippen molar-refractivity contribution < 1.29 is 42.3 Å². The van der Waals surface area contributed by atoms with Crippen molar-refractivity contribution in [2.75, 3.05) is 17.2 Å². The molecule has 1 amide bonds. The average molecular weight is 593 g/mol. The van der Waals surface area contributed by atoms with Gasteiger partial charge in [0, 0.05) is 35.1 Å². The van der Waals surface area contributed by atoms with Gasteiger partial charge in [-0.05, 0) is 50.6 Å². The number of halogens is 5. The van der Waals surface area contributed by atoms with Crippen molar-refractivity contribution in [1.82, 2.24) is 5.32 Å². The number of nitrogens with zero attached hydrogens (tertiary/aromatic N) is 1. The number of rotatable bonds is 7. The summed E-state index contributed by atoms with van der Waals surface area (Å²) < 4.78 is 57.7. The molecule has 1 unspecified atom stereocenters. The van der Waals surface area contributed by atoms with E-state index in [-0.39, 0.29) is 30.8 Å². The Morgan fingerprint density at radius 3 is 2.51 bits per heavy atom. The van der Waals surface area contributed by atoms with E-state index < -0.39 is 48.3 Å². The van der Waals surface area contributed by atoms with Crippen molar-refractivity contribution in [3.05, 3.63) is 58.4 Å². The number of aliphatic hydroxyl groups excluding tert-OH is 2. The third kappa shape index (κ3) is 9.18. The largest absolute Gasteiger partial charge is 0.460 e. The van der Waals surface area contributed by atoms with Crippen LogP contribution >= 0.6 is 23.4 Å². The fourth-order valence-corrected chi connectivity index (χ4v) is 5.07. The molecule has 0 spiro atoms. The molecule has 2 aromatic rings. The van der Waals surface area contributed by atoms with Gasteiger partial charge in [0.25, 0.3) is 0 Å². The third-order valence-corrected chi connectivity index (χ3v) is 7.02. The Labute approximate surface area is 233 Å². The molecule has 214 valence electrons. The smallest absolute Gasteiger partial charge is 0.408 e. The molecule has 0 aliphatic carbocycles. The van der Waals surface area contributed by atoms with Gasteiger partial charge in [-0.15, -0.1) is 11.8 Å². The number of alkyl carbamates (subject to hydrolysis) is 1. The highest BCUT2D eigenvalue weighted by molar-refractivity contribution is 7.99. The first-order valence-electron chi connectivity index (χ1n) is 12.1. The summed E-state index contributed by atoms with van der Waals surface area (Å²) in [5.41, 5.74) is 0.0676. The molecule has 1 heterocycles. The zero-order valence-corrected chi connectivity index (χ0v) is 23.2. The van der Waals surface area contributed by atoms with Crippen LogP contribution in [0.1, 0.15) is 44.7 Å². The lowest BCUT2D eigenvalue weighted by Gasteiger charge is -2.34. The van der Waals surface area contributed by atoms with Gasteiger partial charge in [-0.25, -0.2) is 14.2 Å². The number of hydrogen-bond donors (Lipinski definition) is 4. The summed E-state index contributed by atoms with van der Waals surface area (Å²) in [6, 6.07) is 8.52. The minimum atomic E-state index is -4.34. The molecule has 7 nitrogen and oxygen atoms in total. The summed E-state index contributed by atoms with van der Waals surface area (Å²) in [6.45, 7) is 5.02. The number of aliphatic hydroxyl groups is 2. The van der Waals surface area contributed by atoms with Crippen LogP contribution < -0.4 is 15.2 Å². The van der Waals surface area contributed by atoms with Crippen LogP contribution in [0, 0.1) is 5.82 Å². The lowest BCUT2D eigenvalue weighted by molar-refractivity contribution is -0.467. The zero-order valence-electron chi connectivity index (χ0n) is 21.6. The quantitative estimate of drug-likeness (QED) is 0.163. The van der Waals surface area contributed by atoms with E-state index in [9.17, 15) is 28.2 Å². The van der Waals surface area contributed by atoms with Gasteiger partial charge >= 0.3 is 18.2 Å². The highest BCUT2D eigenvalue weighted by atomic mass is 35.5. The summed E-state index contributed by atoms with van der Waals surface area (Å²) in [5.74, 6) is -1.26. The molecule has 0 saturated heterocycles. The van der Waals surface area contributed by atoms with Crippen molar-refractivity contribution in [3.8, 4) is 0 Å². The molecular weight excluding hydrogens is 562 g/mol. The Kier molecular flexibility index (Phi) is 10.0. The lowest BCUT2D eigenvalue weighted by atomic mass is 10.1. The molecule has 13 heteroatoms. The van der Waals surface area contributed by atoms with Gasteiger partial charge in [0.15, 0.2) is 0 Å². The van der Waals surface area contributed by atoms with E-state index in [1.54, 1.807) is 49.9 Å². The van der Waals surface area contributed by atoms with Crippen LogP contribution in [-0.4, -0.2) is 58.5 Å². The van der Waals surface area contributed by atoms with E-state index in [2.05, 4.69) is 10.3 Å². The van der Waals surface area contributed by atoms with Gasteiger partial charge in [0.1, 0.15) is 29.8 Å². The average Bonchev–Trinajstić information content (AvgIpc) is 2.93. The first-order valence-corrected chi connectivity index (χ1v) is 13.5. The first kappa shape index (κ1) is 30.8. The van der Waals surface area contributed by atoms with Crippen molar-refractivity contribution in [2.24, 2.45) is 0 Å². The lowest BCUT2D eigenvalue weighted by Crippen LogP contribution is -2.73. The second-order valence-corrected chi connectivity index (χ2v) is 11.5. The van der Waals surface area contributed by atoms with E-state index in [1.807, 2.05) is 0 Å². The molecule has 2 atom stereocenters. The number of ether oxygens (including phenoxy) is 1. The summed E-state index contributed by atoms with van der Waals surface area (Å²) in [7, 11) is 0. The Bertz CT molecular complexity index is 1190. The Morgan fingerprint density at radius 1 is 1.23 bits per heavy atom. The van der Waals surface area contributed by atoms with Gasteiger partial charge in [0.05, 0.1) is 11.7 Å². The number of benzene rings is 2. The highest BCUT2D eigenvalue weighted by Crippen LogP contribution is 2.38. The predicted molar refractivity (Wildman–Crippen MR) is 142 cm³/mol. The summed E-state index contributed by atoms with van der Waals surface area (Å²) >= 11 is 7.19. The molecule has 0 bridgehead atoms. The number of alkyl halides is 3. The second kappa shape index (κ2) is 12.6. The molecule has 0 radical (unpaired) electrons. The summed E-state index contributed by atoms with van der Waals surface area (Å²) in [5, 5.41) is 25.0. The van der Waals surface area contributed by atoms with Crippen molar-refractivity contribution in [2.45, 2.75) is 69.1 Å². The van der Waals surface area contributed by atoms with E-state index in [1.165, 1.54) is 23.9 Å². The van der Waals surface area contributed by atoms with Gasteiger partial charge in [-0.3, -0.25) is 0 Å². The van der Waals surface area contributed by atoms with Crippen LogP contribution in [0.25, 0.3) is 0 Å². The Hall–Kier alpha value is -2.70. The van der Waals surface area contributed by atoms with Gasteiger partial charge < -0.3 is 25.2 Å². The number of carbonyl (C=O) groups excluding carboxylic acids is 1. The number of nitrogens with one attached hydrogen (secondary N) is 2. The predicted octanol–water partition coefficient (Wildman–Crippen LogP) is 4.53. The van der Waals surface area contributed by atoms with Crippen LogP contribution in [0.4, 0.5) is 28.0 Å². The Balaban J connectivity index is 1.95. The van der Waals surface area contributed by atoms with Crippen LogP contribution in [0.3, 0.4) is 0 Å². The second-order valence-electron chi connectivity index (χ2n) is 10.0. The van der Waals surface area contributed by atoms with E-state index >= 15 is 4.39 Å². The molecular formula is C26H31ClF4N3O4S+. The number of carbonyl (C=O) groups is 1. The number of fused-ring (bicyclic) bond motifs is 1. The molecule has 3 rings (SSSR count). The van der Waals surface area contributed by atoms with E-state index in [4.69, 9.17) is 16.3 Å². The number of amides is 1. The highest BCUT2D eigenvalue weighted by Gasteiger charge is 2.35. The van der Waals surface area contributed by atoms with E-state index in [0.717, 1.165) is 5.56 Å². The minimum absolute atomic E-state index is 0.128. The van der Waals surface area contributed by atoms with Crippen molar-refractivity contribution >= 4 is 41.0 Å². The number of thioether (sulfide) groups is 1. The molecule has 0 aromatic heterocycles. The molecule has 2 aromatic carbocycles. The van der Waals surface area contributed by atoms with Gasteiger partial charge in [-0.2, -0.15) is 13.2 Å². The first-order chi connectivity index (χ1) is 18.1. The van der Waals surface area contributed by atoms with Crippen molar-refractivity contribution in [3.63, 3.8) is 0 Å². The third-order valence-electron chi connectivity index (χ3n) is 5.61. The zero-order chi connectivity index (χ0) is 29.0. The normalized spacial score (nSPS) is 18.4. The maximum atomic E-state index is 15.0. The molecule has 39 heavy (non-hydrogen) atoms. The molecule has 0 saturated carbocycles.